The van der Waals surface area contributed by atoms with Crippen LogP contribution in [0.15, 0.2) is 12.3 Å². The topological polar surface area (TPSA) is 63.7 Å². The molecular weight excluding hydrogens is 435 g/mol. The average Bonchev–Trinajstić information content (AvgIpc) is 3.22. The van der Waals surface area contributed by atoms with Crippen LogP contribution in [-0.2, 0) is 22.5 Å². The minimum atomic E-state index is -4.76. The van der Waals surface area contributed by atoms with Gasteiger partial charge in [-0.3, -0.25) is 9.78 Å². The van der Waals surface area contributed by atoms with E-state index < -0.39 is 6.36 Å². The highest BCUT2D eigenvalue weighted by Gasteiger charge is 2.36. The Kier molecular flexibility index (Phi) is 8.98. The van der Waals surface area contributed by atoms with E-state index in [2.05, 4.69) is 35.8 Å². The van der Waals surface area contributed by atoms with Crippen LogP contribution in [0.1, 0.15) is 64.1 Å². The number of nitrogens with zero attached hydrogens (tertiary/aromatic N) is 2. The molecule has 3 aliphatic rings. The summed E-state index contributed by atoms with van der Waals surface area (Å²) in [7, 11) is 0. The van der Waals surface area contributed by atoms with E-state index in [1.165, 1.54) is 12.5 Å². The molecule has 4 unspecified atom stereocenters. The number of carbonyl (C=O) groups is 1. The summed E-state index contributed by atoms with van der Waals surface area (Å²) in [5, 5.41) is 3.72. The zero-order valence-corrected chi connectivity index (χ0v) is 19.8. The number of halogens is 3. The molecule has 4 atom stereocenters. The van der Waals surface area contributed by atoms with E-state index in [4.69, 9.17) is 4.74 Å². The smallest absolute Gasteiger partial charge is 0.404 e. The number of carbonyl (C=O) groups excluding carboxylic acids is 1. The zero-order chi connectivity index (χ0) is 24.0. The third kappa shape index (κ3) is 7.30. The Morgan fingerprint density at radius 3 is 2.76 bits per heavy atom. The first-order chi connectivity index (χ1) is 15.7. The van der Waals surface area contributed by atoms with Crippen molar-refractivity contribution in [3.05, 3.63) is 23.5 Å². The number of pyridine rings is 1. The van der Waals surface area contributed by atoms with Crippen molar-refractivity contribution in [3.8, 4) is 5.75 Å². The molecule has 0 aromatic carbocycles. The SMILES string of the molecule is CC1COCCC1NC1CCC(C(=O)N2CCc3ncc(OC(F)(F)F)cc3C2)C1.CCC. The lowest BCUT2D eigenvalue weighted by molar-refractivity contribution is -0.274. The highest BCUT2D eigenvalue weighted by atomic mass is 19.4. The Morgan fingerprint density at radius 2 is 2.06 bits per heavy atom. The summed E-state index contributed by atoms with van der Waals surface area (Å²) in [6, 6.07) is 2.11. The molecular formula is C24H36F3N3O3. The molecule has 2 aliphatic heterocycles. The quantitative estimate of drug-likeness (QED) is 0.702. The van der Waals surface area contributed by atoms with Gasteiger partial charge in [0.1, 0.15) is 5.75 Å². The first-order valence-electron chi connectivity index (χ1n) is 12.1. The van der Waals surface area contributed by atoms with Gasteiger partial charge in [0.05, 0.1) is 12.8 Å². The second-order valence-corrected chi connectivity index (χ2v) is 9.36. The highest BCUT2D eigenvalue weighted by Crippen LogP contribution is 2.32. The summed E-state index contributed by atoms with van der Waals surface area (Å²) < 4.78 is 46.9. The summed E-state index contributed by atoms with van der Waals surface area (Å²) in [5.41, 5.74) is 1.35. The van der Waals surface area contributed by atoms with Gasteiger partial charge < -0.3 is 19.7 Å². The van der Waals surface area contributed by atoms with Crippen LogP contribution in [0.2, 0.25) is 0 Å². The third-order valence-electron chi connectivity index (χ3n) is 6.43. The van der Waals surface area contributed by atoms with Crippen molar-refractivity contribution >= 4 is 5.91 Å². The van der Waals surface area contributed by atoms with Crippen LogP contribution < -0.4 is 10.1 Å². The maximum absolute atomic E-state index is 13.1. The molecule has 1 saturated carbocycles. The van der Waals surface area contributed by atoms with Gasteiger partial charge in [0.25, 0.3) is 0 Å². The monoisotopic (exact) mass is 471 g/mol. The van der Waals surface area contributed by atoms with Crippen molar-refractivity contribution in [1.29, 1.82) is 0 Å². The molecule has 1 aromatic heterocycles. The van der Waals surface area contributed by atoms with Gasteiger partial charge in [0.2, 0.25) is 5.91 Å². The van der Waals surface area contributed by atoms with Crippen molar-refractivity contribution in [2.24, 2.45) is 11.8 Å². The molecule has 3 heterocycles. The van der Waals surface area contributed by atoms with Gasteiger partial charge in [0.15, 0.2) is 0 Å². The van der Waals surface area contributed by atoms with Crippen molar-refractivity contribution < 1.29 is 27.4 Å². The molecule has 1 saturated heterocycles. The van der Waals surface area contributed by atoms with Gasteiger partial charge in [-0.2, -0.15) is 0 Å². The molecule has 6 nitrogen and oxygen atoms in total. The van der Waals surface area contributed by atoms with Crippen LogP contribution in [0.25, 0.3) is 0 Å². The summed E-state index contributed by atoms with van der Waals surface area (Å²) in [6.07, 6.45) is 1.74. The Bertz CT molecular complexity index is 790. The molecule has 9 heteroatoms. The lowest BCUT2D eigenvalue weighted by Crippen LogP contribution is -2.46. The standard InChI is InChI=1S/C21H28F3N3O3.C3H8/c1-13-12-29-7-5-18(13)26-16-3-2-14(8-16)20(28)27-6-4-19-15(11-27)9-17(10-25-19)30-21(22,23)24;1-3-2/h9-10,13-14,16,18,26H,2-8,11-12H2,1H3;3H2,1-2H3. The number of fused-ring (bicyclic) bond motifs is 1. The summed E-state index contributed by atoms with van der Waals surface area (Å²) in [6.45, 7) is 8.81. The fourth-order valence-electron chi connectivity index (χ4n) is 4.83. The van der Waals surface area contributed by atoms with Crippen molar-refractivity contribution in [1.82, 2.24) is 15.2 Å². The van der Waals surface area contributed by atoms with Crippen LogP contribution in [0.4, 0.5) is 13.2 Å². The van der Waals surface area contributed by atoms with E-state index >= 15 is 0 Å². The lowest BCUT2D eigenvalue weighted by atomic mass is 9.96. The first kappa shape index (κ1) is 25.7. The molecule has 0 bridgehead atoms. The van der Waals surface area contributed by atoms with Gasteiger partial charge in [-0.05, 0) is 43.2 Å². The molecule has 1 aromatic rings. The second-order valence-electron chi connectivity index (χ2n) is 9.36. The molecule has 1 N–H and O–H groups in total. The summed E-state index contributed by atoms with van der Waals surface area (Å²) >= 11 is 0. The van der Waals surface area contributed by atoms with Crippen LogP contribution in [0.3, 0.4) is 0 Å². The van der Waals surface area contributed by atoms with Crippen LogP contribution >= 0.6 is 0 Å². The van der Waals surface area contributed by atoms with E-state index in [1.54, 1.807) is 4.90 Å². The van der Waals surface area contributed by atoms with Gasteiger partial charge in [-0.15, -0.1) is 13.2 Å². The Balaban J connectivity index is 0.000000968. The van der Waals surface area contributed by atoms with Crippen LogP contribution in [-0.4, -0.2) is 54.0 Å². The third-order valence-corrected chi connectivity index (χ3v) is 6.43. The van der Waals surface area contributed by atoms with Gasteiger partial charge in [-0.25, -0.2) is 0 Å². The highest BCUT2D eigenvalue weighted by molar-refractivity contribution is 5.79. The Morgan fingerprint density at radius 1 is 1.30 bits per heavy atom. The lowest BCUT2D eigenvalue weighted by Gasteiger charge is -2.32. The molecule has 1 aliphatic carbocycles. The van der Waals surface area contributed by atoms with Crippen LogP contribution in [0, 0.1) is 11.8 Å². The minimum absolute atomic E-state index is 0.0400. The number of amides is 1. The number of ether oxygens (including phenoxy) is 2. The first-order valence-corrected chi connectivity index (χ1v) is 12.1. The molecule has 4 rings (SSSR count). The molecule has 33 heavy (non-hydrogen) atoms. The van der Waals surface area contributed by atoms with Crippen molar-refractivity contribution in [2.75, 3.05) is 19.8 Å². The number of hydrogen-bond donors (Lipinski definition) is 1. The maximum atomic E-state index is 13.1. The molecule has 1 amide bonds. The summed E-state index contributed by atoms with van der Waals surface area (Å²) in [4.78, 5) is 18.9. The van der Waals surface area contributed by atoms with E-state index in [1.807, 2.05) is 0 Å². The second kappa shape index (κ2) is 11.5. The number of alkyl halides is 3. The van der Waals surface area contributed by atoms with Crippen LogP contribution in [0.5, 0.6) is 5.75 Å². The average molecular weight is 472 g/mol. The van der Waals surface area contributed by atoms with E-state index in [-0.39, 0.29) is 24.1 Å². The predicted octanol–water partition coefficient (Wildman–Crippen LogP) is 4.46. The number of hydrogen-bond acceptors (Lipinski definition) is 5. The maximum Gasteiger partial charge on any atom is 0.573 e. The normalized spacial score (nSPS) is 27.4. The molecule has 0 radical (unpaired) electrons. The minimum Gasteiger partial charge on any atom is -0.404 e. The molecule has 0 spiro atoms. The van der Waals surface area contributed by atoms with Gasteiger partial charge >= 0.3 is 6.36 Å². The van der Waals surface area contributed by atoms with E-state index in [9.17, 15) is 18.0 Å². The van der Waals surface area contributed by atoms with Gasteiger partial charge in [0, 0.05) is 49.8 Å². The zero-order valence-electron chi connectivity index (χ0n) is 19.8. The van der Waals surface area contributed by atoms with Gasteiger partial charge in [-0.1, -0.05) is 27.2 Å². The fourth-order valence-corrected chi connectivity index (χ4v) is 4.83. The largest absolute Gasteiger partial charge is 0.573 e. The number of aromatic nitrogens is 1. The fraction of sp³-hybridized carbons (Fsp3) is 0.750. The molecule has 2 fully saturated rings. The molecule has 186 valence electrons. The number of rotatable bonds is 4. The number of nitrogens with one attached hydrogen (secondary N) is 1. The van der Waals surface area contributed by atoms with Crippen molar-refractivity contribution in [3.63, 3.8) is 0 Å². The Hall–Kier alpha value is -1.87. The van der Waals surface area contributed by atoms with Crippen molar-refractivity contribution in [2.45, 2.75) is 84.3 Å². The predicted molar refractivity (Wildman–Crippen MR) is 119 cm³/mol. The Labute approximate surface area is 194 Å². The summed E-state index contributed by atoms with van der Waals surface area (Å²) in [5.74, 6) is 0.174. The van der Waals surface area contributed by atoms with E-state index in [0.29, 0.717) is 36.5 Å². The van der Waals surface area contributed by atoms with E-state index in [0.717, 1.165) is 50.8 Å².